The monoisotopic (exact) mass is 273 g/mol. The largest absolute Gasteiger partial charge is 0.481 e. The van der Waals surface area contributed by atoms with Crippen LogP contribution in [0.4, 0.5) is 0 Å². The Bertz CT molecular complexity index is 614. The van der Waals surface area contributed by atoms with Crippen LogP contribution in [0.15, 0.2) is 24.4 Å². The van der Waals surface area contributed by atoms with E-state index in [1.54, 1.807) is 0 Å². The normalized spacial score (nSPS) is 18.2. The van der Waals surface area contributed by atoms with E-state index in [1.165, 1.54) is 6.42 Å². The molecule has 106 valence electrons. The van der Waals surface area contributed by atoms with Gasteiger partial charge >= 0.3 is 5.97 Å². The summed E-state index contributed by atoms with van der Waals surface area (Å²) in [4.78, 5) is 11.2. The molecule has 2 aromatic heterocycles. The van der Waals surface area contributed by atoms with Crippen LogP contribution in [-0.4, -0.2) is 25.7 Å². The molecular formula is C15H19N3O2. The zero-order chi connectivity index (χ0) is 14.0. The summed E-state index contributed by atoms with van der Waals surface area (Å²) >= 11 is 0. The molecular weight excluding hydrogens is 254 g/mol. The summed E-state index contributed by atoms with van der Waals surface area (Å²) in [7, 11) is 0. The number of rotatable bonds is 4. The molecule has 1 aliphatic carbocycles. The second-order valence-corrected chi connectivity index (χ2v) is 5.85. The summed E-state index contributed by atoms with van der Waals surface area (Å²) in [6.07, 6.45) is 8.26. The van der Waals surface area contributed by atoms with E-state index in [4.69, 9.17) is 0 Å². The zero-order valence-corrected chi connectivity index (χ0v) is 11.5. The fourth-order valence-corrected chi connectivity index (χ4v) is 3.39. The number of carboxylic acid groups (broad SMARTS) is 1. The summed E-state index contributed by atoms with van der Waals surface area (Å²) in [5.41, 5.74) is 0.673. The lowest BCUT2D eigenvalue weighted by Gasteiger charge is -2.35. The Hall–Kier alpha value is -1.91. The number of aliphatic carboxylic acids is 1. The highest BCUT2D eigenvalue weighted by Gasteiger charge is 2.35. The van der Waals surface area contributed by atoms with E-state index in [9.17, 15) is 9.90 Å². The molecule has 0 aliphatic heterocycles. The summed E-state index contributed by atoms with van der Waals surface area (Å²) in [5.74, 6) is 0.171. The van der Waals surface area contributed by atoms with Crippen LogP contribution in [-0.2, 0) is 11.2 Å². The van der Waals surface area contributed by atoms with Gasteiger partial charge in [-0.15, -0.1) is 10.2 Å². The lowest BCUT2D eigenvalue weighted by Crippen LogP contribution is -2.30. The highest BCUT2D eigenvalue weighted by molar-refractivity contribution is 5.67. The Morgan fingerprint density at radius 1 is 1.25 bits per heavy atom. The van der Waals surface area contributed by atoms with Crippen LogP contribution in [0.2, 0.25) is 0 Å². The molecule has 0 spiro atoms. The second kappa shape index (κ2) is 5.23. The van der Waals surface area contributed by atoms with Gasteiger partial charge in [0.15, 0.2) is 5.65 Å². The Morgan fingerprint density at radius 2 is 2.05 bits per heavy atom. The first-order valence-corrected chi connectivity index (χ1v) is 7.19. The van der Waals surface area contributed by atoms with Gasteiger partial charge in [-0.25, -0.2) is 0 Å². The number of aromatic nitrogens is 3. The van der Waals surface area contributed by atoms with Gasteiger partial charge in [0.05, 0.1) is 6.42 Å². The number of hydrogen-bond donors (Lipinski definition) is 1. The van der Waals surface area contributed by atoms with Crippen molar-refractivity contribution in [2.24, 2.45) is 5.41 Å². The first kappa shape index (κ1) is 13.1. The van der Waals surface area contributed by atoms with Crippen molar-refractivity contribution in [1.29, 1.82) is 0 Å². The Morgan fingerprint density at radius 3 is 2.80 bits per heavy atom. The van der Waals surface area contributed by atoms with Gasteiger partial charge in [0.1, 0.15) is 5.82 Å². The van der Waals surface area contributed by atoms with Crippen LogP contribution < -0.4 is 0 Å². The van der Waals surface area contributed by atoms with E-state index in [1.807, 2.05) is 28.8 Å². The molecule has 3 rings (SSSR count). The molecule has 2 aromatic rings. The van der Waals surface area contributed by atoms with Crippen molar-refractivity contribution in [2.45, 2.75) is 44.9 Å². The van der Waals surface area contributed by atoms with E-state index in [-0.39, 0.29) is 11.8 Å². The minimum absolute atomic E-state index is 0.150. The van der Waals surface area contributed by atoms with Crippen LogP contribution >= 0.6 is 0 Å². The minimum Gasteiger partial charge on any atom is -0.481 e. The molecule has 0 saturated heterocycles. The average molecular weight is 273 g/mol. The first-order chi connectivity index (χ1) is 9.69. The predicted molar refractivity (Wildman–Crippen MR) is 74.5 cm³/mol. The first-order valence-electron chi connectivity index (χ1n) is 7.19. The van der Waals surface area contributed by atoms with Crippen molar-refractivity contribution in [2.75, 3.05) is 0 Å². The number of carboxylic acids is 1. The lowest BCUT2D eigenvalue weighted by molar-refractivity contribution is -0.140. The van der Waals surface area contributed by atoms with Gasteiger partial charge in [-0.3, -0.25) is 9.20 Å². The van der Waals surface area contributed by atoms with E-state index in [0.717, 1.165) is 37.2 Å². The summed E-state index contributed by atoms with van der Waals surface area (Å²) in [5, 5.41) is 17.7. The van der Waals surface area contributed by atoms with Crippen molar-refractivity contribution >= 4 is 11.6 Å². The Balaban J connectivity index is 1.91. The van der Waals surface area contributed by atoms with Gasteiger partial charge in [0.25, 0.3) is 0 Å². The van der Waals surface area contributed by atoms with Gasteiger partial charge in [-0.2, -0.15) is 0 Å². The molecule has 1 N–H and O–H groups in total. The number of pyridine rings is 1. The van der Waals surface area contributed by atoms with Crippen molar-refractivity contribution in [3.8, 4) is 0 Å². The SMILES string of the molecule is O=C(O)CC1(Cc2nnc3ccccn23)CCCCC1. The fraction of sp³-hybridized carbons (Fsp3) is 0.533. The fourth-order valence-electron chi connectivity index (χ4n) is 3.39. The van der Waals surface area contributed by atoms with Gasteiger partial charge < -0.3 is 5.11 Å². The zero-order valence-electron chi connectivity index (χ0n) is 11.5. The molecule has 1 saturated carbocycles. The van der Waals surface area contributed by atoms with Crippen LogP contribution in [0.1, 0.15) is 44.3 Å². The molecule has 0 bridgehead atoms. The van der Waals surface area contributed by atoms with Gasteiger partial charge in [0, 0.05) is 12.6 Å². The standard InChI is InChI=1S/C15H19N3O2/c19-14(20)11-15(7-3-1-4-8-15)10-13-17-16-12-6-2-5-9-18(12)13/h2,5-6,9H,1,3-4,7-8,10-11H2,(H,19,20). The van der Waals surface area contributed by atoms with E-state index >= 15 is 0 Å². The molecule has 5 nitrogen and oxygen atoms in total. The third-order valence-corrected chi connectivity index (χ3v) is 4.36. The van der Waals surface area contributed by atoms with Crippen molar-refractivity contribution in [1.82, 2.24) is 14.6 Å². The molecule has 0 amide bonds. The summed E-state index contributed by atoms with van der Waals surface area (Å²) in [6.45, 7) is 0. The van der Waals surface area contributed by atoms with Crippen LogP contribution in [0.25, 0.3) is 5.65 Å². The predicted octanol–water partition coefficient (Wildman–Crippen LogP) is 2.70. The molecule has 0 atom stereocenters. The van der Waals surface area contributed by atoms with E-state index in [0.29, 0.717) is 6.42 Å². The molecule has 0 radical (unpaired) electrons. The molecule has 0 aromatic carbocycles. The Labute approximate surface area is 117 Å². The van der Waals surface area contributed by atoms with Crippen LogP contribution in [0, 0.1) is 5.41 Å². The molecule has 1 aliphatic rings. The molecule has 0 unspecified atom stereocenters. The van der Waals surface area contributed by atoms with Crippen molar-refractivity contribution in [3.63, 3.8) is 0 Å². The Kier molecular flexibility index (Phi) is 3.42. The maximum absolute atomic E-state index is 11.2. The molecule has 20 heavy (non-hydrogen) atoms. The molecule has 5 heteroatoms. The topological polar surface area (TPSA) is 67.5 Å². The van der Waals surface area contributed by atoms with E-state index in [2.05, 4.69) is 10.2 Å². The maximum Gasteiger partial charge on any atom is 0.303 e. The van der Waals surface area contributed by atoms with Crippen molar-refractivity contribution < 1.29 is 9.90 Å². The van der Waals surface area contributed by atoms with Gasteiger partial charge in [-0.1, -0.05) is 25.3 Å². The number of carbonyl (C=O) groups is 1. The smallest absolute Gasteiger partial charge is 0.303 e. The van der Waals surface area contributed by atoms with Crippen LogP contribution in [0.5, 0.6) is 0 Å². The lowest BCUT2D eigenvalue weighted by atomic mass is 9.69. The third-order valence-electron chi connectivity index (χ3n) is 4.36. The second-order valence-electron chi connectivity index (χ2n) is 5.85. The number of hydrogen-bond acceptors (Lipinski definition) is 3. The van der Waals surface area contributed by atoms with E-state index < -0.39 is 5.97 Å². The minimum atomic E-state index is -0.708. The van der Waals surface area contributed by atoms with Crippen LogP contribution in [0.3, 0.4) is 0 Å². The molecule has 1 fully saturated rings. The number of nitrogens with zero attached hydrogens (tertiary/aromatic N) is 3. The van der Waals surface area contributed by atoms with Gasteiger partial charge in [-0.05, 0) is 30.4 Å². The third kappa shape index (κ3) is 2.53. The highest BCUT2D eigenvalue weighted by atomic mass is 16.4. The van der Waals surface area contributed by atoms with Crippen molar-refractivity contribution in [3.05, 3.63) is 30.2 Å². The van der Waals surface area contributed by atoms with Gasteiger partial charge in [0.2, 0.25) is 0 Å². The number of fused-ring (bicyclic) bond motifs is 1. The quantitative estimate of drug-likeness (QED) is 0.930. The summed E-state index contributed by atoms with van der Waals surface area (Å²) in [6, 6.07) is 5.80. The maximum atomic E-state index is 11.2. The highest BCUT2D eigenvalue weighted by Crippen LogP contribution is 2.41. The summed E-state index contributed by atoms with van der Waals surface area (Å²) < 4.78 is 1.97. The molecule has 2 heterocycles. The average Bonchev–Trinajstić information content (AvgIpc) is 2.82.